The molecule has 0 bridgehead atoms. The van der Waals surface area contributed by atoms with Gasteiger partial charge in [-0.05, 0) is 13.8 Å². The molecule has 0 aliphatic carbocycles. The smallest absolute Gasteiger partial charge is 0.136 e. The molecule has 0 saturated heterocycles. The van der Waals surface area contributed by atoms with Crippen LogP contribution in [0.4, 0.5) is 0 Å². The first-order chi connectivity index (χ1) is 4.70. The molecule has 0 radical (unpaired) electrons. The third-order valence-electron chi connectivity index (χ3n) is 1.37. The molecule has 1 atom stereocenters. The van der Waals surface area contributed by atoms with Crippen LogP contribution in [0.25, 0.3) is 0 Å². The Balaban J connectivity index is 2.65. The van der Waals surface area contributed by atoms with Gasteiger partial charge in [0.2, 0.25) is 0 Å². The third kappa shape index (κ3) is 1.57. The highest BCUT2D eigenvalue weighted by atomic mass is 16.5. The molecule has 1 N–H and O–H groups in total. The van der Waals surface area contributed by atoms with Crippen LogP contribution in [0.5, 0.6) is 0 Å². The van der Waals surface area contributed by atoms with E-state index < -0.39 is 0 Å². The van der Waals surface area contributed by atoms with Crippen LogP contribution in [-0.4, -0.2) is 16.4 Å². The van der Waals surface area contributed by atoms with Gasteiger partial charge in [0, 0.05) is 12.0 Å². The largest absolute Gasteiger partial charge is 0.393 e. The minimum absolute atomic E-state index is 0.321. The molecule has 3 nitrogen and oxygen atoms in total. The first kappa shape index (κ1) is 7.28. The highest BCUT2D eigenvalue weighted by molar-refractivity contribution is 5.12. The molecule has 10 heavy (non-hydrogen) atoms. The van der Waals surface area contributed by atoms with Gasteiger partial charge in [0.15, 0.2) is 0 Å². The zero-order valence-electron chi connectivity index (χ0n) is 6.16. The number of aliphatic hydroxyl groups is 1. The second-order valence-electron chi connectivity index (χ2n) is 2.46. The van der Waals surface area contributed by atoms with E-state index in [2.05, 4.69) is 5.16 Å². The van der Waals surface area contributed by atoms with E-state index >= 15 is 0 Å². The molecule has 1 heterocycles. The lowest BCUT2D eigenvalue weighted by Gasteiger charge is -1.99. The van der Waals surface area contributed by atoms with Crippen molar-refractivity contribution in [1.82, 2.24) is 5.16 Å². The lowest BCUT2D eigenvalue weighted by molar-refractivity contribution is 0.195. The fraction of sp³-hybridized carbons (Fsp3) is 0.571. The number of aryl methyl sites for hydroxylation is 1. The van der Waals surface area contributed by atoms with Crippen LogP contribution in [0.2, 0.25) is 0 Å². The summed E-state index contributed by atoms with van der Waals surface area (Å²) in [6.45, 7) is 3.58. The second-order valence-corrected chi connectivity index (χ2v) is 2.46. The maximum Gasteiger partial charge on any atom is 0.136 e. The van der Waals surface area contributed by atoms with Gasteiger partial charge in [-0.1, -0.05) is 5.16 Å². The highest BCUT2D eigenvalue weighted by Gasteiger charge is 2.04. The molecule has 1 aromatic heterocycles. The van der Waals surface area contributed by atoms with Gasteiger partial charge in [0.25, 0.3) is 0 Å². The van der Waals surface area contributed by atoms with Gasteiger partial charge in [0.05, 0.1) is 12.3 Å². The van der Waals surface area contributed by atoms with Crippen molar-refractivity contribution in [2.75, 3.05) is 0 Å². The van der Waals surface area contributed by atoms with E-state index in [1.807, 2.05) is 6.92 Å². The van der Waals surface area contributed by atoms with Crippen LogP contribution in [-0.2, 0) is 6.42 Å². The maximum absolute atomic E-state index is 8.98. The van der Waals surface area contributed by atoms with E-state index in [-0.39, 0.29) is 6.10 Å². The number of rotatable bonds is 2. The van der Waals surface area contributed by atoms with Crippen molar-refractivity contribution < 1.29 is 9.63 Å². The maximum atomic E-state index is 8.98. The van der Waals surface area contributed by atoms with Crippen molar-refractivity contribution in [2.24, 2.45) is 0 Å². The van der Waals surface area contributed by atoms with Gasteiger partial charge < -0.3 is 9.63 Å². The van der Waals surface area contributed by atoms with Crippen molar-refractivity contribution in [2.45, 2.75) is 26.4 Å². The average Bonchev–Trinajstić information content (AvgIpc) is 2.15. The molecule has 0 saturated carbocycles. The monoisotopic (exact) mass is 141 g/mol. The zero-order chi connectivity index (χ0) is 7.56. The molecular weight excluding hydrogens is 130 g/mol. The molecule has 0 spiro atoms. The summed E-state index contributed by atoms with van der Waals surface area (Å²) in [5.41, 5.74) is 0.981. The fourth-order valence-electron chi connectivity index (χ4n) is 0.833. The summed E-state index contributed by atoms with van der Waals surface area (Å²) >= 11 is 0. The average molecular weight is 141 g/mol. The van der Waals surface area contributed by atoms with Crippen LogP contribution in [0.3, 0.4) is 0 Å². The SMILES string of the molecule is Cc1oncc1CC(C)O. The van der Waals surface area contributed by atoms with Crippen LogP contribution in [0.1, 0.15) is 18.2 Å². The quantitative estimate of drug-likeness (QED) is 0.665. The van der Waals surface area contributed by atoms with Gasteiger partial charge in [-0.25, -0.2) is 0 Å². The molecular formula is C7H11NO2. The Hall–Kier alpha value is -0.830. The van der Waals surface area contributed by atoms with Crippen molar-refractivity contribution in [3.8, 4) is 0 Å². The van der Waals surface area contributed by atoms with E-state index in [0.717, 1.165) is 11.3 Å². The first-order valence-electron chi connectivity index (χ1n) is 3.28. The topological polar surface area (TPSA) is 46.3 Å². The van der Waals surface area contributed by atoms with Gasteiger partial charge in [-0.2, -0.15) is 0 Å². The Morgan fingerprint density at radius 2 is 2.50 bits per heavy atom. The Kier molecular flexibility index (Phi) is 2.06. The van der Waals surface area contributed by atoms with Gasteiger partial charge >= 0.3 is 0 Å². The molecule has 3 heteroatoms. The molecule has 0 amide bonds. The third-order valence-corrected chi connectivity index (χ3v) is 1.37. The second kappa shape index (κ2) is 2.84. The number of nitrogens with zero attached hydrogens (tertiary/aromatic N) is 1. The zero-order valence-corrected chi connectivity index (χ0v) is 6.16. The number of aromatic nitrogens is 1. The van der Waals surface area contributed by atoms with Crippen molar-refractivity contribution in [3.05, 3.63) is 17.5 Å². The summed E-state index contributed by atoms with van der Waals surface area (Å²) in [6.07, 6.45) is 1.94. The minimum atomic E-state index is -0.321. The summed E-state index contributed by atoms with van der Waals surface area (Å²) in [7, 11) is 0. The van der Waals surface area contributed by atoms with Crippen LogP contribution < -0.4 is 0 Å². The summed E-state index contributed by atoms with van der Waals surface area (Å²) in [4.78, 5) is 0. The van der Waals surface area contributed by atoms with E-state index in [1.165, 1.54) is 0 Å². The van der Waals surface area contributed by atoms with Crippen LogP contribution in [0.15, 0.2) is 10.7 Å². The molecule has 1 rings (SSSR count). The van der Waals surface area contributed by atoms with Gasteiger partial charge in [-0.15, -0.1) is 0 Å². The molecule has 0 aliphatic rings. The summed E-state index contributed by atoms with van der Waals surface area (Å²) < 4.78 is 4.80. The standard InChI is InChI=1S/C7H11NO2/c1-5(9)3-7-4-8-10-6(7)2/h4-5,9H,3H2,1-2H3. The predicted molar refractivity (Wildman–Crippen MR) is 36.6 cm³/mol. The number of hydrogen-bond donors (Lipinski definition) is 1. The van der Waals surface area contributed by atoms with Gasteiger partial charge in [0.1, 0.15) is 5.76 Å². The van der Waals surface area contributed by atoms with Crippen molar-refractivity contribution in [3.63, 3.8) is 0 Å². The lowest BCUT2D eigenvalue weighted by atomic mass is 10.1. The first-order valence-corrected chi connectivity index (χ1v) is 3.28. The van der Waals surface area contributed by atoms with Crippen molar-refractivity contribution >= 4 is 0 Å². The van der Waals surface area contributed by atoms with E-state index in [9.17, 15) is 0 Å². The molecule has 0 aliphatic heterocycles. The predicted octanol–water partition coefficient (Wildman–Crippen LogP) is 0.906. The summed E-state index contributed by atoms with van der Waals surface area (Å²) in [5.74, 6) is 0.793. The highest BCUT2D eigenvalue weighted by Crippen LogP contribution is 2.07. The van der Waals surface area contributed by atoms with Crippen molar-refractivity contribution in [1.29, 1.82) is 0 Å². The van der Waals surface area contributed by atoms with E-state index in [0.29, 0.717) is 6.42 Å². The van der Waals surface area contributed by atoms with E-state index in [4.69, 9.17) is 9.63 Å². The Morgan fingerprint density at radius 3 is 2.90 bits per heavy atom. The summed E-state index contributed by atoms with van der Waals surface area (Å²) in [5, 5.41) is 12.6. The molecule has 0 fully saturated rings. The summed E-state index contributed by atoms with van der Waals surface area (Å²) in [6, 6.07) is 0. The fourth-order valence-corrected chi connectivity index (χ4v) is 0.833. The van der Waals surface area contributed by atoms with Gasteiger partial charge in [-0.3, -0.25) is 0 Å². The van der Waals surface area contributed by atoms with Crippen LogP contribution >= 0.6 is 0 Å². The Morgan fingerprint density at radius 1 is 1.80 bits per heavy atom. The van der Waals surface area contributed by atoms with E-state index in [1.54, 1.807) is 13.1 Å². The molecule has 1 aromatic rings. The number of aliphatic hydroxyl groups excluding tert-OH is 1. The Bertz CT molecular complexity index is 205. The minimum Gasteiger partial charge on any atom is -0.393 e. The normalized spacial score (nSPS) is 13.5. The number of hydrogen-bond acceptors (Lipinski definition) is 3. The molecule has 1 unspecified atom stereocenters. The molecule has 0 aromatic carbocycles. The molecule has 56 valence electrons. The van der Waals surface area contributed by atoms with Crippen LogP contribution in [0, 0.1) is 6.92 Å². The lowest BCUT2D eigenvalue weighted by Crippen LogP contribution is -2.03. The Labute approximate surface area is 59.7 Å².